The second-order valence-electron chi connectivity index (χ2n) is 7.45. The van der Waals surface area contributed by atoms with Gasteiger partial charge in [0, 0.05) is 39.0 Å². The molecule has 1 aromatic heterocycles. The fourth-order valence-electron chi connectivity index (χ4n) is 3.78. The van der Waals surface area contributed by atoms with Gasteiger partial charge in [0.15, 0.2) is 11.7 Å². The number of esters is 1. The number of nitrogens with zero attached hydrogens (tertiary/aromatic N) is 5. The van der Waals surface area contributed by atoms with Crippen LogP contribution in [0.2, 0.25) is 0 Å². The van der Waals surface area contributed by atoms with Gasteiger partial charge in [0.1, 0.15) is 12.3 Å². The second kappa shape index (κ2) is 10.1. The number of hydrogen-bond acceptors (Lipinski definition) is 8. The summed E-state index contributed by atoms with van der Waals surface area (Å²) in [7, 11) is 1.53. The molecule has 32 heavy (non-hydrogen) atoms. The van der Waals surface area contributed by atoms with Crippen molar-refractivity contribution in [2.45, 2.75) is 5.92 Å². The van der Waals surface area contributed by atoms with E-state index in [1.165, 1.54) is 12.8 Å². The number of ether oxygens (including phenoxy) is 2. The lowest BCUT2D eigenvalue weighted by atomic mass is 10.1. The molecule has 0 saturated carbocycles. The Kier molecular flexibility index (Phi) is 6.78. The number of benzene rings is 2. The molecule has 2 heterocycles. The van der Waals surface area contributed by atoms with Gasteiger partial charge < -0.3 is 19.3 Å². The fraction of sp³-hybridized carbons (Fsp3) is 0.333. The Hall–Kier alpha value is -3.70. The maximum absolute atomic E-state index is 12.7. The van der Waals surface area contributed by atoms with E-state index in [1.807, 2.05) is 42.5 Å². The first-order chi connectivity index (χ1) is 15.7. The molecule has 8 heteroatoms. The number of hydrogen-bond donors (Lipinski definition) is 0. The van der Waals surface area contributed by atoms with Gasteiger partial charge in [-0.15, -0.1) is 0 Å². The maximum Gasteiger partial charge on any atom is 0.329 e. The van der Waals surface area contributed by atoms with Crippen LogP contribution in [0.25, 0.3) is 11.0 Å². The van der Waals surface area contributed by atoms with Crippen LogP contribution in [-0.2, 0) is 14.3 Å². The van der Waals surface area contributed by atoms with Crippen LogP contribution in [0.5, 0.6) is 0 Å². The summed E-state index contributed by atoms with van der Waals surface area (Å²) in [5, 5.41) is 9.82. The van der Waals surface area contributed by atoms with E-state index in [0.29, 0.717) is 30.1 Å². The Morgan fingerprint density at radius 2 is 1.59 bits per heavy atom. The standard InChI is InChI=1S/C24H25N5O3/c1-31-15-16-32-24(30)19(17-25)22-23(27-21-10-6-5-9-20(21)26-22)29-13-11-28(12-14-29)18-7-3-2-4-8-18/h2-10,19H,11-16H2,1H3. The Morgan fingerprint density at radius 1 is 0.969 bits per heavy atom. The average molecular weight is 431 g/mol. The molecule has 1 saturated heterocycles. The number of para-hydroxylation sites is 3. The van der Waals surface area contributed by atoms with E-state index >= 15 is 0 Å². The van der Waals surface area contributed by atoms with Crippen molar-refractivity contribution in [3.63, 3.8) is 0 Å². The third-order valence-corrected chi connectivity index (χ3v) is 5.45. The third-order valence-electron chi connectivity index (χ3n) is 5.45. The van der Waals surface area contributed by atoms with Gasteiger partial charge in [-0.05, 0) is 24.3 Å². The normalized spacial score (nSPS) is 14.8. The van der Waals surface area contributed by atoms with Crippen LogP contribution in [-0.4, -0.2) is 62.4 Å². The smallest absolute Gasteiger partial charge is 0.329 e. The first kappa shape index (κ1) is 21.5. The van der Waals surface area contributed by atoms with Crippen LogP contribution in [0.15, 0.2) is 54.6 Å². The maximum atomic E-state index is 12.7. The number of fused-ring (bicyclic) bond motifs is 1. The lowest BCUT2D eigenvalue weighted by Crippen LogP contribution is -2.47. The van der Waals surface area contributed by atoms with Crippen LogP contribution < -0.4 is 9.80 Å². The zero-order chi connectivity index (χ0) is 22.3. The minimum atomic E-state index is -1.16. The highest BCUT2D eigenvalue weighted by molar-refractivity contribution is 5.85. The van der Waals surface area contributed by atoms with Crippen molar-refractivity contribution in [3.05, 3.63) is 60.3 Å². The van der Waals surface area contributed by atoms with E-state index in [2.05, 4.69) is 33.0 Å². The largest absolute Gasteiger partial charge is 0.462 e. The molecule has 4 rings (SSSR count). The zero-order valence-corrected chi connectivity index (χ0v) is 18.0. The molecule has 0 N–H and O–H groups in total. The van der Waals surface area contributed by atoms with E-state index in [4.69, 9.17) is 14.5 Å². The Balaban J connectivity index is 1.63. The summed E-state index contributed by atoms with van der Waals surface area (Å²) in [6.45, 7) is 3.35. The molecule has 1 aliphatic heterocycles. The zero-order valence-electron chi connectivity index (χ0n) is 18.0. The molecule has 0 amide bonds. The molecular formula is C24H25N5O3. The van der Waals surface area contributed by atoms with E-state index in [0.717, 1.165) is 18.6 Å². The van der Waals surface area contributed by atoms with Crippen molar-refractivity contribution in [2.24, 2.45) is 0 Å². The minimum Gasteiger partial charge on any atom is -0.462 e. The van der Waals surface area contributed by atoms with Crippen LogP contribution >= 0.6 is 0 Å². The summed E-state index contributed by atoms with van der Waals surface area (Å²) >= 11 is 0. The summed E-state index contributed by atoms with van der Waals surface area (Å²) in [5.74, 6) is -1.24. The highest BCUT2D eigenvalue weighted by Gasteiger charge is 2.31. The molecule has 1 atom stereocenters. The van der Waals surface area contributed by atoms with Gasteiger partial charge in [-0.1, -0.05) is 30.3 Å². The van der Waals surface area contributed by atoms with Crippen LogP contribution in [0.1, 0.15) is 11.6 Å². The number of rotatable bonds is 7. The molecule has 8 nitrogen and oxygen atoms in total. The number of nitriles is 1. The number of methoxy groups -OCH3 is 1. The predicted molar refractivity (Wildman–Crippen MR) is 122 cm³/mol. The van der Waals surface area contributed by atoms with Crippen LogP contribution in [0.4, 0.5) is 11.5 Å². The van der Waals surface area contributed by atoms with E-state index in [9.17, 15) is 10.1 Å². The van der Waals surface area contributed by atoms with Crippen molar-refractivity contribution in [3.8, 4) is 6.07 Å². The lowest BCUT2D eigenvalue weighted by Gasteiger charge is -2.37. The average Bonchev–Trinajstić information content (AvgIpc) is 2.85. The highest BCUT2D eigenvalue weighted by Crippen LogP contribution is 2.29. The number of anilines is 2. The lowest BCUT2D eigenvalue weighted by molar-refractivity contribution is -0.145. The molecule has 1 aliphatic rings. The van der Waals surface area contributed by atoms with Gasteiger partial charge in [-0.3, -0.25) is 4.79 Å². The molecule has 1 fully saturated rings. The first-order valence-corrected chi connectivity index (χ1v) is 10.6. The number of carbonyl (C=O) groups excluding carboxylic acids is 1. The second-order valence-corrected chi connectivity index (χ2v) is 7.45. The quantitative estimate of drug-likeness (QED) is 0.417. The SMILES string of the molecule is COCCOC(=O)C(C#N)c1nc2ccccc2nc1N1CCN(c2ccccc2)CC1. The Labute approximate surface area is 187 Å². The Bertz CT molecular complexity index is 1110. The van der Waals surface area contributed by atoms with Gasteiger partial charge in [-0.2, -0.15) is 5.26 Å². The first-order valence-electron chi connectivity index (χ1n) is 10.6. The highest BCUT2D eigenvalue weighted by atomic mass is 16.6. The third kappa shape index (κ3) is 4.63. The van der Waals surface area contributed by atoms with Gasteiger partial charge in [0.25, 0.3) is 0 Å². The molecule has 0 aliphatic carbocycles. The van der Waals surface area contributed by atoms with Crippen molar-refractivity contribution < 1.29 is 14.3 Å². The molecule has 2 aromatic carbocycles. The predicted octanol–water partition coefficient (Wildman–Crippen LogP) is 2.75. The summed E-state index contributed by atoms with van der Waals surface area (Å²) in [4.78, 5) is 26.6. The van der Waals surface area contributed by atoms with Gasteiger partial charge in [-0.25, -0.2) is 9.97 Å². The Morgan fingerprint density at radius 3 is 2.25 bits per heavy atom. The van der Waals surface area contributed by atoms with Crippen LogP contribution in [0.3, 0.4) is 0 Å². The molecular weight excluding hydrogens is 406 g/mol. The van der Waals surface area contributed by atoms with Crippen molar-refractivity contribution in [1.29, 1.82) is 5.26 Å². The number of aromatic nitrogens is 2. The summed E-state index contributed by atoms with van der Waals surface area (Å²) in [6.07, 6.45) is 0. The topological polar surface area (TPSA) is 91.6 Å². The molecule has 0 radical (unpaired) electrons. The monoisotopic (exact) mass is 431 g/mol. The van der Waals surface area contributed by atoms with Gasteiger partial charge in [0.2, 0.25) is 0 Å². The minimum absolute atomic E-state index is 0.0829. The fourth-order valence-corrected chi connectivity index (χ4v) is 3.78. The summed E-state index contributed by atoms with van der Waals surface area (Å²) < 4.78 is 10.2. The molecule has 3 aromatic rings. The van der Waals surface area contributed by atoms with E-state index in [-0.39, 0.29) is 13.2 Å². The summed E-state index contributed by atoms with van der Waals surface area (Å²) in [5.41, 5.74) is 2.87. The van der Waals surface area contributed by atoms with Crippen LogP contribution in [0, 0.1) is 11.3 Å². The molecule has 0 spiro atoms. The summed E-state index contributed by atoms with van der Waals surface area (Å²) in [6, 6.07) is 19.8. The van der Waals surface area contributed by atoms with Gasteiger partial charge >= 0.3 is 5.97 Å². The molecule has 1 unspecified atom stereocenters. The van der Waals surface area contributed by atoms with E-state index in [1.54, 1.807) is 0 Å². The number of carbonyl (C=O) groups is 1. The number of piperazine rings is 1. The molecule has 164 valence electrons. The van der Waals surface area contributed by atoms with E-state index < -0.39 is 11.9 Å². The van der Waals surface area contributed by atoms with Crippen molar-refractivity contribution in [2.75, 3.05) is 56.3 Å². The van der Waals surface area contributed by atoms with Crippen molar-refractivity contribution >= 4 is 28.5 Å². The molecule has 0 bridgehead atoms. The van der Waals surface area contributed by atoms with Crippen molar-refractivity contribution in [1.82, 2.24) is 9.97 Å². The van der Waals surface area contributed by atoms with Gasteiger partial charge in [0.05, 0.1) is 23.7 Å².